The molecule has 0 aliphatic carbocycles. The maximum absolute atomic E-state index is 13.0. The summed E-state index contributed by atoms with van der Waals surface area (Å²) < 4.78 is 1.33. The summed E-state index contributed by atoms with van der Waals surface area (Å²) in [6, 6.07) is 16.4. The molecule has 0 saturated carbocycles. The first kappa shape index (κ1) is 21.3. The van der Waals surface area contributed by atoms with Gasteiger partial charge in [-0.05, 0) is 38.1 Å². The number of aliphatic carboxylic acids is 1. The minimum absolute atomic E-state index is 0.0422. The summed E-state index contributed by atoms with van der Waals surface area (Å²) in [6.07, 6.45) is 1.76. The fraction of sp³-hybridized carbons (Fsp3) is 0.182. The van der Waals surface area contributed by atoms with E-state index >= 15 is 0 Å². The van der Waals surface area contributed by atoms with Crippen molar-refractivity contribution in [1.82, 2.24) is 9.55 Å². The molecule has 1 amide bonds. The van der Waals surface area contributed by atoms with Gasteiger partial charge >= 0.3 is 5.97 Å². The smallest absolute Gasteiger partial charge is 0.328 e. The Morgan fingerprint density at radius 2 is 1.73 bits per heavy atom. The van der Waals surface area contributed by atoms with Crippen LogP contribution in [0.2, 0.25) is 0 Å². The lowest BCUT2D eigenvalue weighted by atomic mass is 10.2. The van der Waals surface area contributed by atoms with Gasteiger partial charge in [0, 0.05) is 23.9 Å². The number of thioether (sulfide) groups is 1. The number of imidazole rings is 1. The molecule has 8 heteroatoms. The highest BCUT2D eigenvalue weighted by molar-refractivity contribution is 7.99. The van der Waals surface area contributed by atoms with Gasteiger partial charge in [-0.15, -0.1) is 0 Å². The van der Waals surface area contributed by atoms with E-state index in [0.717, 1.165) is 29.6 Å². The molecule has 0 bridgehead atoms. The van der Waals surface area contributed by atoms with Crippen LogP contribution < -0.4 is 4.90 Å². The average Bonchev–Trinajstić information content (AvgIpc) is 3.09. The summed E-state index contributed by atoms with van der Waals surface area (Å²) in [5.41, 5.74) is 1.94. The number of nitrogens with zero attached hydrogens (tertiary/aromatic N) is 3. The van der Waals surface area contributed by atoms with E-state index in [0.29, 0.717) is 16.2 Å². The maximum atomic E-state index is 13.0. The van der Waals surface area contributed by atoms with E-state index in [4.69, 9.17) is 5.11 Å². The van der Waals surface area contributed by atoms with Gasteiger partial charge < -0.3 is 10.0 Å². The molecule has 0 saturated heterocycles. The Hall–Kier alpha value is -3.39. The number of hydrogen-bond donors (Lipinski definition) is 1. The normalized spacial score (nSPS) is 11.3. The van der Waals surface area contributed by atoms with Crippen LogP contribution in [0.25, 0.3) is 11.0 Å². The number of benzene rings is 2. The number of para-hydroxylation sites is 3. The molecular weight excluding hydrogens is 402 g/mol. The molecule has 154 valence electrons. The van der Waals surface area contributed by atoms with E-state index < -0.39 is 11.9 Å². The van der Waals surface area contributed by atoms with Crippen molar-refractivity contribution < 1.29 is 19.5 Å². The standard InChI is InChI=1S/C22H21N3O4S/c1-15(2)24(16-8-4-3-5-9-16)20(27)14-30-22-23-17-10-6-7-11-18(17)25(22)19(26)12-13-21(28)29/h3-13,15H,14H2,1-2H3,(H,28,29)/b13-12+. The summed E-state index contributed by atoms with van der Waals surface area (Å²) >= 11 is 1.14. The third-order valence-corrected chi connectivity index (χ3v) is 5.19. The summed E-state index contributed by atoms with van der Waals surface area (Å²) in [4.78, 5) is 42.5. The SMILES string of the molecule is CC(C)N(C(=O)CSc1nc2ccccc2n1C(=O)/C=C/C(=O)O)c1ccccc1. The molecule has 3 rings (SSSR count). The average molecular weight is 423 g/mol. The Morgan fingerprint density at radius 1 is 1.07 bits per heavy atom. The first-order chi connectivity index (χ1) is 14.4. The summed E-state index contributed by atoms with van der Waals surface area (Å²) in [5.74, 6) is -1.79. The van der Waals surface area contributed by atoms with Crippen molar-refractivity contribution in [2.75, 3.05) is 10.7 Å². The van der Waals surface area contributed by atoms with Crippen LogP contribution in [0.5, 0.6) is 0 Å². The van der Waals surface area contributed by atoms with Crippen molar-refractivity contribution >= 4 is 46.3 Å². The van der Waals surface area contributed by atoms with Gasteiger partial charge in [-0.2, -0.15) is 0 Å². The first-order valence-electron chi connectivity index (χ1n) is 9.31. The fourth-order valence-corrected chi connectivity index (χ4v) is 3.92. The molecule has 1 heterocycles. The minimum atomic E-state index is -1.22. The van der Waals surface area contributed by atoms with Gasteiger partial charge in [-0.3, -0.25) is 14.2 Å². The number of carbonyl (C=O) groups is 3. The molecule has 30 heavy (non-hydrogen) atoms. The number of allylic oxidation sites excluding steroid dienone is 1. The molecule has 3 aromatic rings. The van der Waals surface area contributed by atoms with Crippen LogP contribution in [-0.4, -0.2) is 44.2 Å². The summed E-state index contributed by atoms with van der Waals surface area (Å²) in [7, 11) is 0. The molecule has 0 fully saturated rings. The number of rotatable bonds is 7. The van der Waals surface area contributed by atoms with Crippen LogP contribution in [-0.2, 0) is 9.59 Å². The van der Waals surface area contributed by atoms with Gasteiger partial charge in [-0.1, -0.05) is 42.1 Å². The van der Waals surface area contributed by atoms with Gasteiger partial charge in [0.05, 0.1) is 16.8 Å². The number of amides is 1. The van der Waals surface area contributed by atoms with Crippen LogP contribution in [0.3, 0.4) is 0 Å². The monoisotopic (exact) mass is 423 g/mol. The van der Waals surface area contributed by atoms with Crippen LogP contribution >= 0.6 is 11.8 Å². The second kappa shape index (κ2) is 9.41. The highest BCUT2D eigenvalue weighted by atomic mass is 32.2. The molecule has 0 aliphatic heterocycles. The minimum Gasteiger partial charge on any atom is -0.478 e. The van der Waals surface area contributed by atoms with E-state index in [-0.39, 0.29) is 17.7 Å². The number of fused-ring (bicyclic) bond motifs is 1. The van der Waals surface area contributed by atoms with Gasteiger partial charge in [0.1, 0.15) is 0 Å². The van der Waals surface area contributed by atoms with Crippen molar-refractivity contribution in [3.63, 3.8) is 0 Å². The second-order valence-corrected chi connectivity index (χ2v) is 7.65. The van der Waals surface area contributed by atoms with Gasteiger partial charge in [-0.25, -0.2) is 9.78 Å². The Morgan fingerprint density at radius 3 is 2.40 bits per heavy atom. The predicted octanol–water partition coefficient (Wildman–Crippen LogP) is 3.85. The lowest BCUT2D eigenvalue weighted by Crippen LogP contribution is -2.38. The van der Waals surface area contributed by atoms with Gasteiger partial charge in [0.2, 0.25) is 5.91 Å². The molecule has 2 aromatic carbocycles. The predicted molar refractivity (Wildman–Crippen MR) is 117 cm³/mol. The summed E-state index contributed by atoms with van der Waals surface area (Å²) in [5, 5.41) is 9.16. The maximum Gasteiger partial charge on any atom is 0.328 e. The van der Waals surface area contributed by atoms with E-state index in [9.17, 15) is 14.4 Å². The number of carboxylic acids is 1. The van der Waals surface area contributed by atoms with Crippen molar-refractivity contribution in [3.8, 4) is 0 Å². The summed E-state index contributed by atoms with van der Waals surface area (Å²) in [6.45, 7) is 3.87. The van der Waals surface area contributed by atoms with Crippen LogP contribution in [0.1, 0.15) is 18.6 Å². The Balaban J connectivity index is 1.88. The van der Waals surface area contributed by atoms with Crippen LogP contribution in [0.4, 0.5) is 5.69 Å². The zero-order valence-electron chi connectivity index (χ0n) is 16.6. The highest BCUT2D eigenvalue weighted by Gasteiger charge is 2.22. The first-order valence-corrected chi connectivity index (χ1v) is 10.3. The number of aromatic nitrogens is 2. The zero-order valence-corrected chi connectivity index (χ0v) is 17.4. The lowest BCUT2D eigenvalue weighted by Gasteiger charge is -2.26. The fourth-order valence-electron chi connectivity index (χ4n) is 3.05. The van der Waals surface area contributed by atoms with Crippen molar-refractivity contribution in [2.24, 2.45) is 0 Å². The second-order valence-electron chi connectivity index (χ2n) is 6.71. The van der Waals surface area contributed by atoms with Gasteiger partial charge in [0.15, 0.2) is 5.16 Å². The zero-order chi connectivity index (χ0) is 21.7. The number of carboxylic acid groups (broad SMARTS) is 1. The molecule has 1 aromatic heterocycles. The molecular formula is C22H21N3O4S. The molecule has 0 aliphatic rings. The molecule has 0 atom stereocenters. The number of anilines is 1. The van der Waals surface area contributed by atoms with Gasteiger partial charge in [0.25, 0.3) is 5.91 Å². The van der Waals surface area contributed by atoms with Crippen molar-refractivity contribution in [3.05, 3.63) is 66.7 Å². The van der Waals surface area contributed by atoms with Crippen LogP contribution in [0.15, 0.2) is 71.9 Å². The quantitative estimate of drug-likeness (QED) is 0.458. The third-order valence-electron chi connectivity index (χ3n) is 4.26. The van der Waals surface area contributed by atoms with Crippen LogP contribution in [0, 0.1) is 0 Å². The molecule has 0 spiro atoms. The number of hydrogen-bond acceptors (Lipinski definition) is 5. The molecule has 0 radical (unpaired) electrons. The molecule has 1 N–H and O–H groups in total. The highest BCUT2D eigenvalue weighted by Crippen LogP contribution is 2.26. The van der Waals surface area contributed by atoms with E-state index in [2.05, 4.69) is 4.98 Å². The van der Waals surface area contributed by atoms with E-state index in [1.54, 1.807) is 29.2 Å². The third kappa shape index (κ3) is 4.77. The largest absolute Gasteiger partial charge is 0.478 e. The molecule has 7 nitrogen and oxygen atoms in total. The molecule has 0 unspecified atom stereocenters. The Labute approximate surface area is 178 Å². The van der Waals surface area contributed by atoms with E-state index in [1.165, 1.54) is 4.57 Å². The Bertz CT molecular complexity index is 1110. The van der Waals surface area contributed by atoms with E-state index in [1.807, 2.05) is 44.2 Å². The topological polar surface area (TPSA) is 92.5 Å². The Kier molecular flexibility index (Phi) is 6.68. The van der Waals surface area contributed by atoms with Crippen molar-refractivity contribution in [1.29, 1.82) is 0 Å². The van der Waals surface area contributed by atoms with Crippen molar-refractivity contribution in [2.45, 2.75) is 25.0 Å². The number of carbonyl (C=O) groups excluding carboxylic acids is 2. The lowest BCUT2D eigenvalue weighted by molar-refractivity contribution is -0.131.